The van der Waals surface area contributed by atoms with Crippen molar-refractivity contribution in [2.45, 2.75) is 55.9 Å². The van der Waals surface area contributed by atoms with Gasteiger partial charge in [0.25, 0.3) is 0 Å². The maximum atomic E-state index is 12.0. The quantitative estimate of drug-likeness (QED) is 0.367. The second kappa shape index (κ2) is 9.15. The van der Waals surface area contributed by atoms with Crippen molar-refractivity contribution in [2.75, 3.05) is 26.5 Å². The summed E-state index contributed by atoms with van der Waals surface area (Å²) in [7, 11) is 3.14. The third-order valence-electron chi connectivity index (χ3n) is 4.60. The molecule has 2 aliphatic heterocycles. The first-order chi connectivity index (χ1) is 11.5. The first kappa shape index (κ1) is 18.9. The third-order valence-corrected chi connectivity index (χ3v) is 6.10. The van der Waals surface area contributed by atoms with Crippen molar-refractivity contribution in [2.24, 2.45) is 0 Å². The lowest BCUT2D eigenvalue weighted by Crippen LogP contribution is -2.36. The first-order valence-corrected chi connectivity index (χ1v) is 9.55. The van der Waals surface area contributed by atoms with Crippen LogP contribution in [0.15, 0.2) is 0 Å². The molecule has 0 unspecified atom stereocenters. The summed E-state index contributed by atoms with van der Waals surface area (Å²) in [5, 5.41) is 6.37. The van der Waals surface area contributed by atoms with Gasteiger partial charge in [-0.2, -0.15) is 11.8 Å². The Kier molecular flexibility index (Phi) is 7.20. The van der Waals surface area contributed by atoms with Gasteiger partial charge in [-0.1, -0.05) is 6.42 Å². The largest absolute Gasteiger partial charge is 0.469 e. The summed E-state index contributed by atoms with van der Waals surface area (Å²) in [4.78, 5) is 36.1. The second-order valence-corrected chi connectivity index (χ2v) is 7.63. The van der Waals surface area contributed by atoms with Gasteiger partial charge in [-0.25, -0.2) is 4.79 Å². The molecule has 8 heteroatoms. The molecule has 0 bridgehead atoms. The van der Waals surface area contributed by atoms with Crippen molar-refractivity contribution in [3.63, 3.8) is 0 Å². The second-order valence-electron chi connectivity index (χ2n) is 6.36. The molecule has 0 spiro atoms. The van der Waals surface area contributed by atoms with Gasteiger partial charge in [0.15, 0.2) is 0 Å². The number of thioether (sulfide) groups is 1. The Morgan fingerprint density at radius 3 is 2.79 bits per heavy atom. The fraction of sp³-hybridized carbons (Fsp3) is 0.812. The Balaban J connectivity index is 1.56. The number of carbonyl (C=O) groups is 3. The summed E-state index contributed by atoms with van der Waals surface area (Å²) < 4.78 is 4.58. The van der Waals surface area contributed by atoms with E-state index in [-0.39, 0.29) is 30.0 Å². The molecule has 0 aliphatic carbocycles. The molecule has 0 aromatic carbocycles. The van der Waals surface area contributed by atoms with Crippen molar-refractivity contribution in [3.8, 4) is 0 Å². The van der Waals surface area contributed by atoms with Crippen LogP contribution in [0, 0.1) is 0 Å². The van der Waals surface area contributed by atoms with Crippen LogP contribution in [0.2, 0.25) is 0 Å². The average molecular weight is 357 g/mol. The number of hydrogen-bond donors (Lipinski definition) is 2. The molecule has 2 N–H and O–H groups in total. The molecule has 24 heavy (non-hydrogen) atoms. The van der Waals surface area contributed by atoms with Gasteiger partial charge in [-0.15, -0.1) is 0 Å². The Bertz CT molecular complexity index is 474. The van der Waals surface area contributed by atoms with Crippen LogP contribution < -0.4 is 10.6 Å². The van der Waals surface area contributed by atoms with E-state index in [1.807, 2.05) is 11.8 Å². The van der Waals surface area contributed by atoms with E-state index in [4.69, 9.17) is 0 Å². The molecule has 2 rings (SSSR count). The van der Waals surface area contributed by atoms with E-state index in [1.165, 1.54) is 7.11 Å². The summed E-state index contributed by atoms with van der Waals surface area (Å²) in [6.07, 6.45) is 4.37. The molecule has 0 radical (unpaired) electrons. The number of unbranched alkanes of at least 4 members (excludes halogenated alkanes) is 1. The number of methoxy groups -OCH3 is 1. The highest BCUT2D eigenvalue weighted by molar-refractivity contribution is 8.00. The number of hydrogen-bond acceptors (Lipinski definition) is 5. The van der Waals surface area contributed by atoms with Gasteiger partial charge in [-0.05, 0) is 19.3 Å². The number of ether oxygens (including phenoxy) is 1. The van der Waals surface area contributed by atoms with Crippen LogP contribution in [0.25, 0.3) is 0 Å². The van der Waals surface area contributed by atoms with Crippen molar-refractivity contribution >= 4 is 29.7 Å². The van der Waals surface area contributed by atoms with Gasteiger partial charge in [0.05, 0.1) is 19.2 Å². The van der Waals surface area contributed by atoms with Gasteiger partial charge in [0, 0.05) is 37.4 Å². The molecule has 3 amide bonds. The molecule has 2 aliphatic rings. The maximum absolute atomic E-state index is 12.0. The molecular weight excluding hydrogens is 330 g/mol. The van der Waals surface area contributed by atoms with Crippen LogP contribution in [0.1, 0.15) is 38.5 Å². The number of amides is 3. The summed E-state index contributed by atoms with van der Waals surface area (Å²) >= 11 is 1.90. The minimum atomic E-state index is -0.239. The van der Waals surface area contributed by atoms with E-state index in [1.54, 1.807) is 11.9 Å². The van der Waals surface area contributed by atoms with Crippen molar-refractivity contribution < 1.29 is 19.1 Å². The molecular formula is C16H27N3O4S. The maximum Gasteiger partial charge on any atom is 0.315 e. The first-order valence-electron chi connectivity index (χ1n) is 8.50. The zero-order valence-corrected chi connectivity index (χ0v) is 15.2. The number of rotatable bonds is 9. The van der Waals surface area contributed by atoms with Gasteiger partial charge in [0.1, 0.15) is 0 Å². The predicted octanol–water partition coefficient (Wildman–Crippen LogP) is 1.12. The highest BCUT2D eigenvalue weighted by atomic mass is 32.2. The average Bonchev–Trinajstić information content (AvgIpc) is 3.10. The van der Waals surface area contributed by atoms with E-state index < -0.39 is 0 Å². The van der Waals surface area contributed by atoms with Gasteiger partial charge < -0.3 is 20.3 Å². The van der Waals surface area contributed by atoms with Crippen LogP contribution in [-0.4, -0.2) is 66.6 Å². The lowest BCUT2D eigenvalue weighted by Gasteiger charge is -2.18. The van der Waals surface area contributed by atoms with Crippen LogP contribution in [0.3, 0.4) is 0 Å². The van der Waals surface area contributed by atoms with Gasteiger partial charge >= 0.3 is 12.0 Å². The van der Waals surface area contributed by atoms with E-state index in [2.05, 4.69) is 15.4 Å². The lowest BCUT2D eigenvalue weighted by molar-refractivity contribution is -0.141. The molecule has 2 fully saturated rings. The summed E-state index contributed by atoms with van der Waals surface area (Å²) in [6.45, 7) is 0.577. The van der Waals surface area contributed by atoms with Gasteiger partial charge in [-0.3, -0.25) is 9.59 Å². The number of carbonyl (C=O) groups excluding carboxylic acids is 3. The topological polar surface area (TPSA) is 87.7 Å². The molecule has 7 nitrogen and oxygen atoms in total. The molecule has 2 heterocycles. The monoisotopic (exact) mass is 357 g/mol. The Labute approximate surface area is 147 Å². The number of urea groups is 1. The highest BCUT2D eigenvalue weighted by Crippen LogP contribution is 2.33. The van der Waals surface area contributed by atoms with Crippen LogP contribution in [0.5, 0.6) is 0 Å². The Morgan fingerprint density at radius 1 is 1.25 bits per heavy atom. The zero-order valence-electron chi connectivity index (χ0n) is 14.4. The van der Waals surface area contributed by atoms with E-state index in [0.717, 1.165) is 25.0 Å². The lowest BCUT2D eigenvalue weighted by atomic mass is 10.0. The Morgan fingerprint density at radius 2 is 2.04 bits per heavy atom. The zero-order chi connectivity index (χ0) is 17.5. The number of fused-ring (bicyclic) bond motifs is 1. The van der Waals surface area contributed by atoms with Gasteiger partial charge in [0.2, 0.25) is 5.91 Å². The molecule has 0 aromatic rings. The molecule has 0 saturated carbocycles. The van der Waals surface area contributed by atoms with E-state index in [9.17, 15) is 14.4 Å². The Hall–Kier alpha value is -1.44. The van der Waals surface area contributed by atoms with Crippen LogP contribution in [0.4, 0.5) is 4.79 Å². The van der Waals surface area contributed by atoms with Crippen molar-refractivity contribution in [3.05, 3.63) is 0 Å². The third kappa shape index (κ3) is 5.29. The fourth-order valence-electron chi connectivity index (χ4n) is 3.14. The fourth-order valence-corrected chi connectivity index (χ4v) is 4.69. The van der Waals surface area contributed by atoms with Crippen LogP contribution >= 0.6 is 11.8 Å². The molecule has 3 atom stereocenters. The molecule has 0 aromatic heterocycles. The number of esters is 1. The minimum absolute atomic E-state index is 0.0564. The summed E-state index contributed by atoms with van der Waals surface area (Å²) in [5.74, 6) is 0.847. The van der Waals surface area contributed by atoms with Crippen molar-refractivity contribution in [1.82, 2.24) is 15.5 Å². The molecule has 2 saturated heterocycles. The van der Waals surface area contributed by atoms with E-state index >= 15 is 0 Å². The highest BCUT2D eigenvalue weighted by Gasteiger charge is 2.42. The predicted molar refractivity (Wildman–Crippen MR) is 92.8 cm³/mol. The normalized spacial score (nSPS) is 24.9. The van der Waals surface area contributed by atoms with E-state index in [0.29, 0.717) is 31.1 Å². The molecule has 136 valence electrons. The summed E-state index contributed by atoms with van der Waals surface area (Å²) in [6, 6.07) is 0.438. The summed E-state index contributed by atoms with van der Waals surface area (Å²) in [5.41, 5.74) is 0. The smallest absolute Gasteiger partial charge is 0.315 e. The standard InChI is InChI=1S/C16H27N3O4S/c1-19(9-5-8-14(21)23-2)13(20)7-4-3-6-12-15-11(10-24-12)17-16(22)18-15/h11-12,15H,3-10H2,1-2H3,(H2,17,18,22)/t11-,12+,15-/m1/s1. The minimum Gasteiger partial charge on any atom is -0.469 e. The SMILES string of the molecule is COC(=O)CCCN(C)C(=O)CCCC[C@@H]1SC[C@H]2NC(=O)N[C@@H]12. The number of nitrogens with zero attached hydrogens (tertiary/aromatic N) is 1. The van der Waals surface area contributed by atoms with Crippen molar-refractivity contribution in [1.29, 1.82) is 0 Å². The van der Waals surface area contributed by atoms with Crippen LogP contribution in [-0.2, 0) is 14.3 Å². The number of nitrogens with one attached hydrogen (secondary N) is 2.